The van der Waals surface area contributed by atoms with Gasteiger partial charge < -0.3 is 19.5 Å². The molecule has 1 aliphatic rings. The van der Waals surface area contributed by atoms with E-state index in [2.05, 4.69) is 28.9 Å². The van der Waals surface area contributed by atoms with Crippen LogP contribution in [0.1, 0.15) is 35.8 Å². The van der Waals surface area contributed by atoms with Gasteiger partial charge in [0, 0.05) is 37.1 Å². The van der Waals surface area contributed by atoms with Crippen LogP contribution in [0.5, 0.6) is 5.75 Å². The predicted molar refractivity (Wildman–Crippen MR) is 126 cm³/mol. The molecule has 1 aromatic heterocycles. The number of methoxy groups -OCH3 is 1. The number of nitrogens with one attached hydrogen (secondary N) is 1. The van der Waals surface area contributed by atoms with Crippen LogP contribution in [0.3, 0.4) is 0 Å². The lowest BCUT2D eigenvalue weighted by molar-refractivity contribution is 0.0686. The lowest BCUT2D eigenvalue weighted by Crippen LogP contribution is -2.43. The van der Waals surface area contributed by atoms with E-state index in [9.17, 15) is 4.79 Å². The number of carbonyl (C=O) groups excluding carboxylic acids is 1. The monoisotopic (exact) mass is 419 g/mol. The molecule has 4 rings (SSSR count). The third-order valence-electron chi connectivity index (χ3n) is 6.39. The second kappa shape index (κ2) is 10.0. The number of H-pyrrole nitrogens is 1. The topological polar surface area (TPSA) is 48.6 Å². The molecule has 0 bridgehead atoms. The van der Waals surface area contributed by atoms with Crippen LogP contribution in [0.15, 0.2) is 54.6 Å². The molecule has 0 spiro atoms. The molecule has 5 heteroatoms. The van der Waals surface area contributed by atoms with Crippen molar-refractivity contribution in [1.29, 1.82) is 0 Å². The lowest BCUT2D eigenvalue weighted by Gasteiger charge is -2.35. The molecule has 1 aliphatic heterocycles. The number of benzene rings is 2. The molecule has 2 aromatic carbocycles. The highest BCUT2D eigenvalue weighted by atomic mass is 16.5. The first-order valence-electron chi connectivity index (χ1n) is 11.4. The van der Waals surface area contributed by atoms with E-state index in [1.165, 1.54) is 18.4 Å². The van der Waals surface area contributed by atoms with Gasteiger partial charge in [-0.2, -0.15) is 0 Å². The van der Waals surface area contributed by atoms with Crippen LogP contribution in [-0.2, 0) is 6.42 Å². The number of para-hydroxylation sites is 1. The van der Waals surface area contributed by atoms with Crippen LogP contribution in [-0.4, -0.2) is 60.5 Å². The third-order valence-corrected chi connectivity index (χ3v) is 6.39. The van der Waals surface area contributed by atoms with Crippen molar-refractivity contribution in [3.8, 4) is 5.75 Å². The number of ether oxygens (including phenoxy) is 1. The minimum atomic E-state index is 0.106. The van der Waals surface area contributed by atoms with Gasteiger partial charge in [0.1, 0.15) is 11.4 Å². The molecule has 1 amide bonds. The maximum atomic E-state index is 13.1. The first-order chi connectivity index (χ1) is 15.2. The standard InChI is InChI=1S/C26H33N3O2/c1-3-29(26(30)25-17-22-8-4-5-9-24(22)27-25)19-21-7-6-15-28(18-21)16-14-20-10-12-23(31-2)13-11-20/h4-5,8-13,17,21,27H,3,6-7,14-16,18-19H2,1-2H3. The Balaban J connectivity index is 1.33. The summed E-state index contributed by atoms with van der Waals surface area (Å²) in [6.45, 7) is 6.90. The second-order valence-corrected chi connectivity index (χ2v) is 8.52. The first kappa shape index (κ1) is 21.4. The zero-order chi connectivity index (χ0) is 21.6. The Morgan fingerprint density at radius 2 is 2.00 bits per heavy atom. The van der Waals surface area contributed by atoms with Gasteiger partial charge >= 0.3 is 0 Å². The fraction of sp³-hybridized carbons (Fsp3) is 0.423. The highest BCUT2D eigenvalue weighted by Gasteiger charge is 2.25. The molecule has 31 heavy (non-hydrogen) atoms. The van der Waals surface area contributed by atoms with Gasteiger partial charge in [-0.15, -0.1) is 0 Å². The Hall–Kier alpha value is -2.79. The fourth-order valence-electron chi connectivity index (χ4n) is 4.61. The summed E-state index contributed by atoms with van der Waals surface area (Å²) in [5, 5.41) is 1.09. The van der Waals surface area contributed by atoms with Gasteiger partial charge in [-0.3, -0.25) is 4.79 Å². The number of carbonyl (C=O) groups is 1. The summed E-state index contributed by atoms with van der Waals surface area (Å²) in [5.41, 5.74) is 3.05. The van der Waals surface area contributed by atoms with E-state index in [0.29, 0.717) is 11.6 Å². The molecule has 0 saturated carbocycles. The van der Waals surface area contributed by atoms with E-state index in [1.807, 2.05) is 47.4 Å². The normalized spacial score (nSPS) is 17.0. The van der Waals surface area contributed by atoms with Gasteiger partial charge in [0.05, 0.1) is 7.11 Å². The van der Waals surface area contributed by atoms with Crippen molar-refractivity contribution in [2.45, 2.75) is 26.2 Å². The molecule has 5 nitrogen and oxygen atoms in total. The smallest absolute Gasteiger partial charge is 0.270 e. The van der Waals surface area contributed by atoms with Crippen molar-refractivity contribution in [3.05, 3.63) is 65.9 Å². The largest absolute Gasteiger partial charge is 0.497 e. The summed E-state index contributed by atoms with van der Waals surface area (Å²) in [6.07, 6.45) is 3.43. The van der Waals surface area contributed by atoms with Gasteiger partial charge in [0.2, 0.25) is 0 Å². The number of aromatic nitrogens is 1. The Bertz CT molecular complexity index is 962. The maximum absolute atomic E-state index is 13.1. The van der Waals surface area contributed by atoms with Crippen molar-refractivity contribution in [2.75, 3.05) is 39.8 Å². The number of fused-ring (bicyclic) bond motifs is 1. The molecule has 1 atom stereocenters. The van der Waals surface area contributed by atoms with Crippen LogP contribution in [0.4, 0.5) is 0 Å². The average molecular weight is 420 g/mol. The minimum Gasteiger partial charge on any atom is -0.497 e. The highest BCUT2D eigenvalue weighted by molar-refractivity contribution is 5.98. The molecule has 2 heterocycles. The fourth-order valence-corrected chi connectivity index (χ4v) is 4.61. The van der Waals surface area contributed by atoms with Crippen molar-refractivity contribution in [3.63, 3.8) is 0 Å². The second-order valence-electron chi connectivity index (χ2n) is 8.52. The summed E-state index contributed by atoms with van der Waals surface area (Å²) in [5.74, 6) is 1.54. The molecule has 0 aliphatic carbocycles. The number of nitrogens with zero attached hydrogens (tertiary/aromatic N) is 2. The number of hydrogen-bond donors (Lipinski definition) is 1. The van der Waals surface area contributed by atoms with Crippen LogP contribution < -0.4 is 4.74 Å². The maximum Gasteiger partial charge on any atom is 0.270 e. The number of piperidine rings is 1. The van der Waals surface area contributed by atoms with Crippen molar-refractivity contribution < 1.29 is 9.53 Å². The van der Waals surface area contributed by atoms with E-state index < -0.39 is 0 Å². The van der Waals surface area contributed by atoms with Crippen LogP contribution in [0.2, 0.25) is 0 Å². The van der Waals surface area contributed by atoms with E-state index >= 15 is 0 Å². The number of aromatic amines is 1. The summed E-state index contributed by atoms with van der Waals surface area (Å²) in [7, 11) is 1.70. The van der Waals surface area contributed by atoms with Gasteiger partial charge in [-0.05, 0) is 68.5 Å². The third kappa shape index (κ3) is 5.28. The van der Waals surface area contributed by atoms with E-state index in [0.717, 1.165) is 55.8 Å². The van der Waals surface area contributed by atoms with Gasteiger partial charge in [0.15, 0.2) is 0 Å². The quantitative estimate of drug-likeness (QED) is 0.581. The Morgan fingerprint density at radius 1 is 1.19 bits per heavy atom. The van der Waals surface area contributed by atoms with Crippen molar-refractivity contribution in [2.24, 2.45) is 5.92 Å². The number of rotatable bonds is 8. The molecule has 0 radical (unpaired) electrons. The lowest BCUT2D eigenvalue weighted by atomic mass is 9.96. The van der Waals surface area contributed by atoms with Crippen LogP contribution >= 0.6 is 0 Å². The van der Waals surface area contributed by atoms with Crippen molar-refractivity contribution in [1.82, 2.24) is 14.8 Å². The minimum absolute atomic E-state index is 0.106. The summed E-state index contributed by atoms with van der Waals surface area (Å²) >= 11 is 0. The van der Waals surface area contributed by atoms with E-state index in [4.69, 9.17) is 4.74 Å². The zero-order valence-corrected chi connectivity index (χ0v) is 18.6. The predicted octanol–water partition coefficient (Wildman–Crippen LogP) is 4.59. The van der Waals surface area contributed by atoms with E-state index in [1.54, 1.807) is 7.11 Å². The zero-order valence-electron chi connectivity index (χ0n) is 18.6. The van der Waals surface area contributed by atoms with Gasteiger partial charge in [-0.1, -0.05) is 30.3 Å². The first-order valence-corrected chi connectivity index (χ1v) is 11.4. The van der Waals surface area contributed by atoms with E-state index in [-0.39, 0.29) is 5.91 Å². The summed E-state index contributed by atoms with van der Waals surface area (Å²) in [6, 6.07) is 18.4. The molecule has 1 unspecified atom stereocenters. The highest BCUT2D eigenvalue weighted by Crippen LogP contribution is 2.21. The van der Waals surface area contributed by atoms with Crippen LogP contribution in [0.25, 0.3) is 10.9 Å². The molecular formula is C26H33N3O2. The van der Waals surface area contributed by atoms with Gasteiger partial charge in [-0.25, -0.2) is 0 Å². The average Bonchev–Trinajstić information content (AvgIpc) is 3.26. The van der Waals surface area contributed by atoms with Gasteiger partial charge in [0.25, 0.3) is 5.91 Å². The number of amides is 1. The number of likely N-dealkylation sites (tertiary alicyclic amines) is 1. The van der Waals surface area contributed by atoms with Crippen LogP contribution in [0, 0.1) is 5.92 Å². The molecule has 1 saturated heterocycles. The molecule has 1 N–H and O–H groups in total. The molecule has 164 valence electrons. The Kier molecular flexibility index (Phi) is 6.92. The summed E-state index contributed by atoms with van der Waals surface area (Å²) < 4.78 is 5.25. The number of hydrogen-bond acceptors (Lipinski definition) is 3. The van der Waals surface area contributed by atoms with Crippen molar-refractivity contribution >= 4 is 16.8 Å². The summed E-state index contributed by atoms with van der Waals surface area (Å²) in [4.78, 5) is 21.0. The Morgan fingerprint density at radius 3 is 2.74 bits per heavy atom. The Labute approximate surface area is 185 Å². The SMILES string of the molecule is CCN(CC1CCCN(CCc2ccc(OC)cc2)C1)C(=O)c1cc2ccccc2[nH]1. The molecule has 3 aromatic rings. The molecule has 1 fully saturated rings. The molecular weight excluding hydrogens is 386 g/mol.